The van der Waals surface area contributed by atoms with E-state index in [-0.39, 0.29) is 22.4 Å². The minimum absolute atomic E-state index is 0.00150. The number of benzene rings is 1. The molecule has 1 aliphatic rings. The van der Waals surface area contributed by atoms with Crippen molar-refractivity contribution in [1.82, 2.24) is 4.72 Å². The van der Waals surface area contributed by atoms with Crippen molar-refractivity contribution < 1.29 is 17.9 Å². The van der Waals surface area contributed by atoms with Crippen LogP contribution in [0.2, 0.25) is 0 Å². The van der Waals surface area contributed by atoms with Crippen LogP contribution in [0.4, 0.5) is 4.39 Å². The van der Waals surface area contributed by atoms with Gasteiger partial charge in [-0.15, -0.1) is 0 Å². The maximum atomic E-state index is 13.4. The van der Waals surface area contributed by atoms with Gasteiger partial charge in [0.15, 0.2) is 0 Å². The lowest BCUT2D eigenvalue weighted by Crippen LogP contribution is -2.43. The Morgan fingerprint density at radius 2 is 2.05 bits per heavy atom. The van der Waals surface area contributed by atoms with Crippen LogP contribution >= 0.6 is 0 Å². The van der Waals surface area contributed by atoms with Crippen LogP contribution in [0.3, 0.4) is 0 Å². The van der Waals surface area contributed by atoms with E-state index in [1.165, 1.54) is 12.1 Å². The second-order valence-electron chi connectivity index (χ2n) is 5.91. The summed E-state index contributed by atoms with van der Waals surface area (Å²) in [5, 5.41) is 9.05. The molecule has 0 bridgehead atoms. The molecule has 0 aromatic heterocycles. The number of hydrogen-bond acceptors (Lipinski definition) is 3. The number of nitrogens with one attached hydrogen (secondary N) is 1. The maximum Gasteiger partial charge on any atom is 0.240 e. The molecule has 0 amide bonds. The van der Waals surface area contributed by atoms with Crippen molar-refractivity contribution in [1.29, 1.82) is 0 Å². The summed E-state index contributed by atoms with van der Waals surface area (Å²) in [5.41, 5.74) is -0.0112. The van der Waals surface area contributed by atoms with Gasteiger partial charge >= 0.3 is 0 Å². The molecule has 2 N–H and O–H groups in total. The van der Waals surface area contributed by atoms with Crippen LogP contribution in [0.5, 0.6) is 0 Å². The number of rotatable bonds is 4. The SMILES string of the molecule is CC1CCCC(NS(=O)(=O)c2ccc(F)c(CO)c2)C1C. The Balaban J connectivity index is 2.22. The molecule has 21 heavy (non-hydrogen) atoms. The van der Waals surface area contributed by atoms with E-state index in [1.807, 2.05) is 0 Å². The number of halogens is 1. The van der Waals surface area contributed by atoms with Gasteiger partial charge in [0.25, 0.3) is 0 Å². The normalized spacial score (nSPS) is 26.8. The van der Waals surface area contributed by atoms with Gasteiger partial charge in [0.1, 0.15) is 5.82 Å². The Morgan fingerprint density at radius 3 is 2.71 bits per heavy atom. The second kappa shape index (κ2) is 6.42. The quantitative estimate of drug-likeness (QED) is 0.897. The third-order valence-corrected chi connectivity index (χ3v) is 6.00. The molecule has 0 saturated heterocycles. The Hall–Kier alpha value is -0.980. The zero-order chi connectivity index (χ0) is 15.6. The van der Waals surface area contributed by atoms with E-state index in [0.717, 1.165) is 25.3 Å². The first-order valence-corrected chi connectivity index (χ1v) is 8.75. The van der Waals surface area contributed by atoms with Gasteiger partial charge in [-0.05, 0) is 36.5 Å². The molecule has 118 valence electrons. The molecule has 3 unspecified atom stereocenters. The summed E-state index contributed by atoms with van der Waals surface area (Å²) >= 11 is 0. The van der Waals surface area contributed by atoms with Gasteiger partial charge in [0, 0.05) is 11.6 Å². The van der Waals surface area contributed by atoms with Crippen LogP contribution in [0.25, 0.3) is 0 Å². The van der Waals surface area contributed by atoms with E-state index in [9.17, 15) is 12.8 Å². The van der Waals surface area contributed by atoms with E-state index in [4.69, 9.17) is 5.11 Å². The smallest absolute Gasteiger partial charge is 0.240 e. The average molecular weight is 315 g/mol. The van der Waals surface area contributed by atoms with E-state index in [2.05, 4.69) is 18.6 Å². The van der Waals surface area contributed by atoms with Crippen molar-refractivity contribution in [2.75, 3.05) is 0 Å². The van der Waals surface area contributed by atoms with Crippen molar-refractivity contribution in [3.63, 3.8) is 0 Å². The highest BCUT2D eigenvalue weighted by molar-refractivity contribution is 7.89. The molecule has 3 atom stereocenters. The maximum absolute atomic E-state index is 13.4. The first-order valence-electron chi connectivity index (χ1n) is 7.26. The standard InChI is InChI=1S/C15H22FNO3S/c1-10-4-3-5-15(11(10)2)17-21(19,20)13-6-7-14(16)12(8-13)9-18/h6-8,10-11,15,17-18H,3-5,9H2,1-2H3. The Bertz CT molecular complexity index is 603. The Labute approximate surface area is 125 Å². The molecular weight excluding hydrogens is 293 g/mol. The van der Waals surface area contributed by atoms with E-state index < -0.39 is 22.4 Å². The van der Waals surface area contributed by atoms with Crippen LogP contribution in [0, 0.1) is 17.7 Å². The number of sulfonamides is 1. The zero-order valence-corrected chi connectivity index (χ0v) is 13.2. The largest absolute Gasteiger partial charge is 0.392 e. The second-order valence-corrected chi connectivity index (χ2v) is 7.62. The van der Waals surface area contributed by atoms with Crippen molar-refractivity contribution >= 4 is 10.0 Å². The van der Waals surface area contributed by atoms with E-state index in [1.54, 1.807) is 0 Å². The lowest BCUT2D eigenvalue weighted by atomic mass is 9.78. The third kappa shape index (κ3) is 3.62. The van der Waals surface area contributed by atoms with Gasteiger partial charge in [0.2, 0.25) is 10.0 Å². The van der Waals surface area contributed by atoms with Crippen molar-refractivity contribution in [2.24, 2.45) is 11.8 Å². The highest BCUT2D eigenvalue weighted by Crippen LogP contribution is 2.30. The van der Waals surface area contributed by atoms with E-state index >= 15 is 0 Å². The molecule has 0 aliphatic heterocycles. The summed E-state index contributed by atoms with van der Waals surface area (Å²) in [6.07, 6.45) is 2.94. The number of hydrogen-bond donors (Lipinski definition) is 2. The molecular formula is C15H22FNO3S. The molecule has 1 aliphatic carbocycles. The molecule has 1 saturated carbocycles. The van der Waals surface area contributed by atoms with Gasteiger partial charge in [-0.2, -0.15) is 0 Å². The van der Waals surface area contributed by atoms with Crippen molar-refractivity contribution in [3.8, 4) is 0 Å². The predicted octanol–water partition coefficient (Wildman–Crippen LogP) is 2.42. The summed E-state index contributed by atoms with van der Waals surface area (Å²) in [6, 6.07) is 3.40. The van der Waals surface area contributed by atoms with Crippen LogP contribution in [-0.4, -0.2) is 19.6 Å². The highest BCUT2D eigenvalue weighted by atomic mass is 32.2. The van der Waals surface area contributed by atoms with Gasteiger partial charge in [-0.1, -0.05) is 26.7 Å². The van der Waals surface area contributed by atoms with Gasteiger partial charge < -0.3 is 5.11 Å². The molecule has 1 aromatic rings. The molecule has 6 heteroatoms. The van der Waals surface area contributed by atoms with Gasteiger partial charge in [0.05, 0.1) is 11.5 Å². The molecule has 1 aromatic carbocycles. The monoisotopic (exact) mass is 315 g/mol. The van der Waals surface area contributed by atoms with Gasteiger partial charge in [-0.25, -0.2) is 17.5 Å². The Morgan fingerprint density at radius 1 is 1.33 bits per heavy atom. The molecule has 1 fully saturated rings. The fraction of sp³-hybridized carbons (Fsp3) is 0.600. The predicted molar refractivity (Wildman–Crippen MR) is 78.6 cm³/mol. The topological polar surface area (TPSA) is 66.4 Å². The molecule has 0 spiro atoms. The lowest BCUT2D eigenvalue weighted by molar-refractivity contribution is 0.227. The van der Waals surface area contributed by atoms with Crippen LogP contribution < -0.4 is 4.72 Å². The number of aliphatic hydroxyl groups is 1. The fourth-order valence-electron chi connectivity index (χ4n) is 2.86. The zero-order valence-electron chi connectivity index (χ0n) is 12.3. The summed E-state index contributed by atoms with van der Waals surface area (Å²) in [4.78, 5) is -0.00150. The summed E-state index contributed by atoms with van der Waals surface area (Å²) < 4.78 is 40.9. The first kappa shape index (κ1) is 16.4. The molecule has 0 heterocycles. The minimum Gasteiger partial charge on any atom is -0.392 e. The lowest BCUT2D eigenvalue weighted by Gasteiger charge is -2.34. The van der Waals surface area contributed by atoms with E-state index in [0.29, 0.717) is 5.92 Å². The molecule has 0 radical (unpaired) electrons. The molecule has 2 rings (SSSR count). The third-order valence-electron chi connectivity index (χ3n) is 4.51. The van der Waals surface area contributed by atoms with Gasteiger partial charge in [-0.3, -0.25) is 0 Å². The first-order chi connectivity index (χ1) is 9.85. The van der Waals surface area contributed by atoms with Crippen LogP contribution in [0.15, 0.2) is 23.1 Å². The summed E-state index contributed by atoms with van der Waals surface area (Å²) in [5.74, 6) is 0.148. The summed E-state index contributed by atoms with van der Waals surface area (Å²) in [7, 11) is -3.69. The number of aliphatic hydroxyl groups excluding tert-OH is 1. The Kier molecular flexibility index (Phi) is 5.01. The van der Waals surface area contributed by atoms with Crippen molar-refractivity contribution in [3.05, 3.63) is 29.6 Å². The summed E-state index contributed by atoms with van der Waals surface area (Å²) in [6.45, 7) is 3.67. The minimum atomic E-state index is -3.69. The molecule has 4 nitrogen and oxygen atoms in total. The van der Waals surface area contributed by atoms with Crippen molar-refractivity contribution in [2.45, 2.75) is 50.7 Å². The van der Waals surface area contributed by atoms with Crippen LogP contribution in [0.1, 0.15) is 38.7 Å². The van der Waals surface area contributed by atoms with Crippen LogP contribution in [-0.2, 0) is 16.6 Å². The fourth-order valence-corrected chi connectivity index (χ4v) is 4.27. The average Bonchev–Trinajstić information content (AvgIpc) is 2.44. The highest BCUT2D eigenvalue weighted by Gasteiger charge is 2.30.